The molecule has 3 saturated heterocycles. The highest BCUT2D eigenvalue weighted by molar-refractivity contribution is 5.99. The van der Waals surface area contributed by atoms with E-state index >= 15 is 0 Å². The molecule has 10 heteroatoms. The fourth-order valence-corrected chi connectivity index (χ4v) is 12.3. The fraction of sp³-hybridized carbons (Fsp3) is 0.878. The highest BCUT2D eigenvalue weighted by Crippen LogP contribution is 2.66. The molecule has 0 spiro atoms. The van der Waals surface area contributed by atoms with Crippen molar-refractivity contribution >= 4 is 29.8 Å². The quantitative estimate of drug-likeness (QED) is 0.144. The summed E-state index contributed by atoms with van der Waals surface area (Å²) in [5, 5.41) is 0. The first-order valence-electron chi connectivity index (χ1n) is 17.4. The molecular weight excluding hydrogens is 652 g/mol. The molecule has 10 nitrogen and oxygen atoms in total. The van der Waals surface area contributed by atoms with E-state index in [-0.39, 0.29) is 104 Å². The molecule has 3 aliphatic heterocycles. The van der Waals surface area contributed by atoms with Gasteiger partial charge in [-0.15, -0.1) is 0 Å². The third kappa shape index (κ3) is 6.78. The average molecular weight is 723 g/mol. The number of carbonyl (C=O) groups excluding carboxylic acids is 5. The maximum Gasteiger partial charge on any atom is 0.318 e. The Morgan fingerprint density at radius 2 is 1.51 bits per heavy atom. The van der Waals surface area contributed by atoms with Crippen LogP contribution in [0.1, 0.15) is 136 Å². The molecule has 9 rings (SSSR count). The molecule has 9 fully saturated rings. The van der Waals surface area contributed by atoms with Crippen LogP contribution in [0.25, 0.3) is 0 Å². The summed E-state index contributed by atoms with van der Waals surface area (Å²) in [5.74, 6) is -2.65. The molecule has 0 N–H and O–H groups in total. The van der Waals surface area contributed by atoms with E-state index in [0.29, 0.717) is 45.3 Å². The Morgan fingerprint density at radius 3 is 2.10 bits per heavy atom. The zero-order valence-corrected chi connectivity index (χ0v) is 26.6. The molecule has 0 amide bonds. The first-order valence-corrected chi connectivity index (χ1v) is 17.4. The highest BCUT2D eigenvalue weighted by atomic mass is 16.7. The Balaban J connectivity index is 0.00000150. The minimum Gasteiger partial charge on any atom is -0.465 e. The predicted molar refractivity (Wildman–Crippen MR) is 195 cm³/mol. The number of carbonyl (C=O) groups is 5. The van der Waals surface area contributed by atoms with Crippen molar-refractivity contribution in [2.45, 2.75) is 148 Å². The molecule has 6 saturated carbocycles. The first kappa shape index (κ1) is 44.7. The van der Waals surface area contributed by atoms with Gasteiger partial charge in [-0.1, -0.05) is 58.4 Å². The van der Waals surface area contributed by atoms with Gasteiger partial charge >= 0.3 is 29.8 Å². The third-order valence-corrected chi connectivity index (χ3v) is 13.9. The molecule has 51 heavy (non-hydrogen) atoms. The summed E-state index contributed by atoms with van der Waals surface area (Å²) in [4.78, 5) is 67.0. The molecule has 294 valence electrons. The zero-order valence-electron chi connectivity index (χ0n) is 26.6. The largest absolute Gasteiger partial charge is 0.465 e. The number of ether oxygens (including phenoxy) is 5. The SMILES string of the molecule is C.C.C.C.C.C.CC1C(=O)OC(=O)C1C(C)(CC1C(C)C2CC1C1COC(=O)C21)C(=O)OC12CC3CC(C1)CC(C(=O)OC1CCCCO1)(C3)C2. The zero-order chi connectivity index (χ0) is 31.5. The summed E-state index contributed by atoms with van der Waals surface area (Å²) in [6.45, 7) is 6.59. The Morgan fingerprint density at radius 1 is 0.843 bits per heavy atom. The molecule has 3 heterocycles. The van der Waals surface area contributed by atoms with E-state index in [2.05, 4.69) is 6.92 Å². The van der Waals surface area contributed by atoms with Gasteiger partial charge in [-0.3, -0.25) is 24.0 Å². The summed E-state index contributed by atoms with van der Waals surface area (Å²) >= 11 is 0. The lowest BCUT2D eigenvalue weighted by molar-refractivity contribution is -0.234. The summed E-state index contributed by atoms with van der Waals surface area (Å²) in [7, 11) is 0. The monoisotopic (exact) mass is 722 g/mol. The lowest BCUT2D eigenvalue weighted by atomic mass is 9.47. The van der Waals surface area contributed by atoms with E-state index in [1.165, 1.54) is 0 Å². The van der Waals surface area contributed by atoms with Crippen LogP contribution >= 0.6 is 0 Å². The number of fused-ring (bicyclic) bond motifs is 5. The van der Waals surface area contributed by atoms with Crippen LogP contribution < -0.4 is 0 Å². The number of rotatable bonds is 7. The van der Waals surface area contributed by atoms with Crippen molar-refractivity contribution in [2.75, 3.05) is 13.2 Å². The van der Waals surface area contributed by atoms with Crippen LogP contribution in [0.15, 0.2) is 0 Å². The van der Waals surface area contributed by atoms with Crippen LogP contribution in [0, 0.1) is 70.0 Å². The Labute approximate surface area is 308 Å². The summed E-state index contributed by atoms with van der Waals surface area (Å²) in [6, 6.07) is 0. The van der Waals surface area contributed by atoms with E-state index < -0.39 is 52.5 Å². The predicted octanol–water partition coefficient (Wildman–Crippen LogP) is 8.18. The van der Waals surface area contributed by atoms with E-state index in [9.17, 15) is 24.0 Å². The van der Waals surface area contributed by atoms with E-state index in [1.807, 2.05) is 0 Å². The molecule has 12 atom stereocenters. The van der Waals surface area contributed by atoms with E-state index in [4.69, 9.17) is 23.7 Å². The minimum atomic E-state index is -1.31. The summed E-state index contributed by atoms with van der Waals surface area (Å²) in [6.07, 6.45) is 7.68. The van der Waals surface area contributed by atoms with Crippen molar-refractivity contribution in [3.63, 3.8) is 0 Å². The Hall–Kier alpha value is -2.49. The van der Waals surface area contributed by atoms with Crippen molar-refractivity contribution in [1.29, 1.82) is 0 Å². The standard InChI is InChI=1S/C35H46O10.6CH4/c1-17-21-9-22(24-15-42-29(37)26(21)24)23(17)14-33(3,27-18(2)28(36)44-30(27)38)31(39)45-35-12-19-8-20(13-35)11-34(10-19,16-35)32(40)43-25-6-4-5-7-41-25;;;;;;/h17-27H,4-16H2,1-3H3;6*1H4. The van der Waals surface area contributed by atoms with Crippen LogP contribution in [-0.4, -0.2) is 55.0 Å². The number of hydrogen-bond acceptors (Lipinski definition) is 10. The van der Waals surface area contributed by atoms with Crippen LogP contribution in [0.3, 0.4) is 0 Å². The molecule has 6 aliphatic carbocycles. The average Bonchev–Trinajstić information content (AvgIpc) is 3.70. The van der Waals surface area contributed by atoms with E-state index in [0.717, 1.165) is 38.5 Å². The van der Waals surface area contributed by atoms with Gasteiger partial charge in [0.15, 0.2) is 0 Å². The smallest absolute Gasteiger partial charge is 0.318 e. The lowest BCUT2D eigenvalue weighted by Crippen LogP contribution is -2.61. The second kappa shape index (κ2) is 15.5. The van der Waals surface area contributed by atoms with Crippen LogP contribution in [0.2, 0.25) is 0 Å². The van der Waals surface area contributed by atoms with Crippen molar-refractivity contribution in [1.82, 2.24) is 0 Å². The normalized spacial score (nSPS) is 43.2. The van der Waals surface area contributed by atoms with Crippen LogP contribution in [0.4, 0.5) is 0 Å². The molecule has 12 unspecified atom stereocenters. The van der Waals surface area contributed by atoms with Gasteiger partial charge in [0.05, 0.1) is 41.8 Å². The molecule has 0 aromatic carbocycles. The highest BCUT2D eigenvalue weighted by Gasteiger charge is 2.67. The first-order chi connectivity index (χ1) is 21.4. The fourth-order valence-electron chi connectivity index (χ4n) is 12.3. The van der Waals surface area contributed by atoms with Gasteiger partial charge in [0.1, 0.15) is 5.60 Å². The van der Waals surface area contributed by atoms with Crippen molar-refractivity contribution in [3.05, 3.63) is 0 Å². The van der Waals surface area contributed by atoms with Gasteiger partial charge in [0, 0.05) is 18.8 Å². The molecular formula is C41H70O10. The molecule has 9 aliphatic rings. The van der Waals surface area contributed by atoms with Gasteiger partial charge in [-0.2, -0.15) is 0 Å². The number of hydrogen-bond donors (Lipinski definition) is 0. The second-order valence-electron chi connectivity index (χ2n) is 16.5. The van der Waals surface area contributed by atoms with Crippen LogP contribution in [0.5, 0.6) is 0 Å². The Bertz CT molecular complexity index is 1310. The second-order valence-corrected chi connectivity index (χ2v) is 16.5. The number of esters is 5. The van der Waals surface area contributed by atoms with Crippen LogP contribution in [-0.2, 0) is 47.7 Å². The minimum absolute atomic E-state index is 0. The lowest BCUT2D eigenvalue weighted by Gasteiger charge is -2.60. The number of cyclic esters (lactones) is 3. The van der Waals surface area contributed by atoms with E-state index in [1.54, 1.807) is 13.8 Å². The summed E-state index contributed by atoms with van der Waals surface area (Å²) in [5.41, 5.74) is -2.83. The maximum atomic E-state index is 14.7. The van der Waals surface area contributed by atoms with Crippen molar-refractivity contribution in [3.8, 4) is 0 Å². The van der Waals surface area contributed by atoms with Crippen molar-refractivity contribution < 1.29 is 47.7 Å². The molecule has 0 aromatic rings. The van der Waals surface area contributed by atoms with Gasteiger partial charge in [-0.05, 0) is 100 Å². The molecule has 6 bridgehead atoms. The van der Waals surface area contributed by atoms with Gasteiger partial charge in [0.2, 0.25) is 6.29 Å². The Kier molecular flexibility index (Phi) is 13.5. The summed E-state index contributed by atoms with van der Waals surface area (Å²) < 4.78 is 28.9. The topological polar surface area (TPSA) is 132 Å². The maximum absolute atomic E-state index is 14.7. The van der Waals surface area contributed by atoms with Crippen molar-refractivity contribution in [2.24, 2.45) is 70.0 Å². The van der Waals surface area contributed by atoms with Gasteiger partial charge in [-0.25, -0.2) is 0 Å². The van der Waals surface area contributed by atoms with Gasteiger partial charge < -0.3 is 23.7 Å². The van der Waals surface area contributed by atoms with Gasteiger partial charge in [0.25, 0.3) is 0 Å². The molecule has 0 radical (unpaired) electrons. The third-order valence-electron chi connectivity index (χ3n) is 13.9. The molecule has 0 aromatic heterocycles.